The van der Waals surface area contributed by atoms with Gasteiger partial charge < -0.3 is 25.0 Å². The molecule has 8 heteroatoms. The van der Waals surface area contributed by atoms with Gasteiger partial charge in [0.05, 0.1) is 25.9 Å². The SMILES string of the molecule is COCCNCC(=O)N1CCC(C(=O)Nc2ccccc2OC)CC1.Cl. The van der Waals surface area contributed by atoms with E-state index in [1.165, 1.54) is 0 Å². The average molecular weight is 386 g/mol. The molecule has 0 bridgehead atoms. The lowest BCUT2D eigenvalue weighted by atomic mass is 9.95. The van der Waals surface area contributed by atoms with Crippen LogP contribution in [0.25, 0.3) is 0 Å². The normalized spacial score (nSPS) is 14.5. The highest BCUT2D eigenvalue weighted by molar-refractivity contribution is 5.94. The third-order valence-corrected chi connectivity index (χ3v) is 4.34. The minimum Gasteiger partial charge on any atom is -0.495 e. The highest BCUT2D eigenvalue weighted by atomic mass is 35.5. The first-order valence-electron chi connectivity index (χ1n) is 8.57. The Kier molecular flexibility index (Phi) is 10.0. The second kappa shape index (κ2) is 11.7. The molecule has 26 heavy (non-hydrogen) atoms. The molecule has 0 aliphatic carbocycles. The van der Waals surface area contributed by atoms with E-state index in [1.54, 1.807) is 14.2 Å². The number of piperidine rings is 1. The van der Waals surface area contributed by atoms with Crippen LogP contribution >= 0.6 is 12.4 Å². The number of nitrogens with zero attached hydrogens (tertiary/aromatic N) is 1. The first-order chi connectivity index (χ1) is 12.2. The highest BCUT2D eigenvalue weighted by Crippen LogP contribution is 2.25. The number of nitrogens with one attached hydrogen (secondary N) is 2. The zero-order valence-electron chi connectivity index (χ0n) is 15.3. The molecule has 0 unspecified atom stereocenters. The first kappa shape index (κ1) is 22.2. The summed E-state index contributed by atoms with van der Waals surface area (Å²) in [6.07, 6.45) is 1.34. The molecule has 2 amide bonds. The van der Waals surface area contributed by atoms with Crippen LogP contribution in [0.4, 0.5) is 5.69 Å². The lowest BCUT2D eigenvalue weighted by molar-refractivity contribution is -0.133. The van der Waals surface area contributed by atoms with Gasteiger partial charge in [0.2, 0.25) is 11.8 Å². The number of amides is 2. The summed E-state index contributed by atoms with van der Waals surface area (Å²) in [5.41, 5.74) is 0.677. The molecular weight excluding hydrogens is 358 g/mol. The number of ether oxygens (including phenoxy) is 2. The lowest BCUT2D eigenvalue weighted by Crippen LogP contribution is -2.45. The van der Waals surface area contributed by atoms with E-state index in [0.717, 1.165) is 0 Å². The number of anilines is 1. The standard InChI is InChI=1S/C18H27N3O4.ClH/c1-24-12-9-19-13-17(22)21-10-7-14(8-11-21)18(23)20-15-5-3-4-6-16(15)25-2;/h3-6,14,19H,7-13H2,1-2H3,(H,20,23);1H. The van der Waals surface area contributed by atoms with Gasteiger partial charge in [-0.05, 0) is 25.0 Å². The monoisotopic (exact) mass is 385 g/mol. The van der Waals surface area contributed by atoms with Crippen LogP contribution in [-0.4, -0.2) is 63.7 Å². The fourth-order valence-electron chi connectivity index (χ4n) is 2.86. The van der Waals surface area contributed by atoms with Gasteiger partial charge >= 0.3 is 0 Å². The number of halogens is 1. The fourth-order valence-corrected chi connectivity index (χ4v) is 2.86. The van der Waals surface area contributed by atoms with Gasteiger partial charge in [0.1, 0.15) is 5.75 Å². The fraction of sp³-hybridized carbons (Fsp3) is 0.556. The van der Waals surface area contributed by atoms with Gasteiger partial charge in [0.15, 0.2) is 0 Å². The number of benzene rings is 1. The van der Waals surface area contributed by atoms with Gasteiger partial charge in [-0.25, -0.2) is 0 Å². The van der Waals surface area contributed by atoms with E-state index in [0.29, 0.717) is 57.1 Å². The van der Waals surface area contributed by atoms with Crippen molar-refractivity contribution in [2.75, 3.05) is 52.3 Å². The van der Waals surface area contributed by atoms with Crippen molar-refractivity contribution >= 4 is 29.9 Å². The maximum Gasteiger partial charge on any atom is 0.236 e. The number of hydrogen-bond acceptors (Lipinski definition) is 5. The van der Waals surface area contributed by atoms with Crippen molar-refractivity contribution in [3.63, 3.8) is 0 Å². The van der Waals surface area contributed by atoms with Crippen molar-refractivity contribution in [1.82, 2.24) is 10.2 Å². The Hall–Kier alpha value is -1.83. The second-order valence-electron chi connectivity index (χ2n) is 6.01. The van der Waals surface area contributed by atoms with Crippen LogP contribution in [0.1, 0.15) is 12.8 Å². The van der Waals surface area contributed by atoms with E-state index < -0.39 is 0 Å². The van der Waals surface area contributed by atoms with E-state index in [-0.39, 0.29) is 30.1 Å². The van der Waals surface area contributed by atoms with Gasteiger partial charge in [0.25, 0.3) is 0 Å². The molecule has 1 heterocycles. The molecule has 1 aromatic carbocycles. The van der Waals surface area contributed by atoms with Crippen molar-refractivity contribution in [2.24, 2.45) is 5.92 Å². The largest absolute Gasteiger partial charge is 0.495 e. The van der Waals surface area contributed by atoms with Crippen molar-refractivity contribution in [3.05, 3.63) is 24.3 Å². The molecule has 0 saturated carbocycles. The van der Waals surface area contributed by atoms with Crippen LogP contribution in [0.3, 0.4) is 0 Å². The third kappa shape index (κ3) is 6.48. The molecule has 2 rings (SSSR count). The lowest BCUT2D eigenvalue weighted by Gasteiger charge is -2.31. The average Bonchev–Trinajstić information content (AvgIpc) is 2.65. The van der Waals surface area contributed by atoms with Crippen LogP contribution in [0.15, 0.2) is 24.3 Å². The summed E-state index contributed by atoms with van der Waals surface area (Å²) in [6.45, 7) is 2.75. The Balaban J connectivity index is 0.00000338. The molecule has 1 aromatic rings. The van der Waals surface area contributed by atoms with Gasteiger partial charge in [0, 0.05) is 32.7 Å². The van der Waals surface area contributed by atoms with E-state index in [2.05, 4.69) is 10.6 Å². The van der Waals surface area contributed by atoms with Crippen LogP contribution in [0.2, 0.25) is 0 Å². The molecule has 0 atom stereocenters. The maximum atomic E-state index is 12.5. The Morgan fingerprint density at radius 1 is 1.19 bits per heavy atom. The number of hydrogen-bond donors (Lipinski definition) is 2. The Bertz CT molecular complexity index is 577. The molecule has 146 valence electrons. The summed E-state index contributed by atoms with van der Waals surface area (Å²) in [5, 5.41) is 5.98. The Morgan fingerprint density at radius 3 is 2.54 bits per heavy atom. The second-order valence-corrected chi connectivity index (χ2v) is 6.01. The number of likely N-dealkylation sites (tertiary alicyclic amines) is 1. The van der Waals surface area contributed by atoms with Crippen LogP contribution < -0.4 is 15.4 Å². The van der Waals surface area contributed by atoms with Crippen LogP contribution in [0.5, 0.6) is 5.75 Å². The summed E-state index contributed by atoms with van der Waals surface area (Å²) in [4.78, 5) is 26.4. The number of rotatable bonds is 8. The zero-order chi connectivity index (χ0) is 18.1. The van der Waals surface area contributed by atoms with Crippen molar-refractivity contribution in [2.45, 2.75) is 12.8 Å². The van der Waals surface area contributed by atoms with Crippen molar-refractivity contribution in [3.8, 4) is 5.75 Å². The maximum absolute atomic E-state index is 12.5. The van der Waals surface area contributed by atoms with E-state index in [4.69, 9.17) is 9.47 Å². The summed E-state index contributed by atoms with van der Waals surface area (Å²) in [7, 11) is 3.21. The summed E-state index contributed by atoms with van der Waals surface area (Å²) < 4.78 is 10.2. The molecule has 1 aliphatic rings. The smallest absolute Gasteiger partial charge is 0.236 e. The van der Waals surface area contributed by atoms with E-state index in [9.17, 15) is 9.59 Å². The minimum absolute atomic E-state index is 0. The number of para-hydroxylation sites is 2. The number of methoxy groups -OCH3 is 2. The molecule has 0 spiro atoms. The molecule has 0 aromatic heterocycles. The highest BCUT2D eigenvalue weighted by Gasteiger charge is 2.27. The first-order valence-corrected chi connectivity index (χ1v) is 8.57. The Labute approximate surface area is 160 Å². The van der Waals surface area contributed by atoms with Crippen molar-refractivity contribution in [1.29, 1.82) is 0 Å². The number of carbonyl (C=O) groups excluding carboxylic acids is 2. The van der Waals surface area contributed by atoms with Crippen LogP contribution in [0, 0.1) is 5.92 Å². The molecule has 1 saturated heterocycles. The van der Waals surface area contributed by atoms with Gasteiger partial charge in [-0.1, -0.05) is 12.1 Å². The van der Waals surface area contributed by atoms with Gasteiger partial charge in [-0.3, -0.25) is 9.59 Å². The molecule has 0 radical (unpaired) electrons. The van der Waals surface area contributed by atoms with E-state index >= 15 is 0 Å². The molecule has 1 aliphatic heterocycles. The molecular formula is C18H28ClN3O4. The summed E-state index contributed by atoms with van der Waals surface area (Å²) in [6, 6.07) is 7.35. The third-order valence-electron chi connectivity index (χ3n) is 4.34. The van der Waals surface area contributed by atoms with Gasteiger partial charge in [-0.15, -0.1) is 12.4 Å². The predicted molar refractivity (Wildman–Crippen MR) is 103 cm³/mol. The molecule has 1 fully saturated rings. The quantitative estimate of drug-likeness (QED) is 0.663. The van der Waals surface area contributed by atoms with Crippen molar-refractivity contribution < 1.29 is 19.1 Å². The number of carbonyl (C=O) groups is 2. The summed E-state index contributed by atoms with van der Waals surface area (Å²) >= 11 is 0. The molecule has 2 N–H and O–H groups in total. The van der Waals surface area contributed by atoms with Gasteiger partial charge in [-0.2, -0.15) is 0 Å². The zero-order valence-corrected chi connectivity index (χ0v) is 16.1. The van der Waals surface area contributed by atoms with Crippen LogP contribution in [-0.2, 0) is 14.3 Å². The van der Waals surface area contributed by atoms with E-state index in [1.807, 2.05) is 29.2 Å². The Morgan fingerprint density at radius 2 is 1.88 bits per heavy atom. The predicted octanol–water partition coefficient (Wildman–Crippen LogP) is 1.53. The summed E-state index contributed by atoms with van der Waals surface area (Å²) in [5.74, 6) is 0.607. The molecule has 7 nitrogen and oxygen atoms in total. The minimum atomic E-state index is -0.0876. The topological polar surface area (TPSA) is 79.9 Å².